The molecule has 4 rings (SSSR count). The van der Waals surface area contributed by atoms with E-state index in [1.54, 1.807) is 24.3 Å². The number of carbonyl (C=O) groups excluding carboxylic acids is 3. The Labute approximate surface area is 165 Å². The van der Waals surface area contributed by atoms with Crippen LogP contribution in [0.2, 0.25) is 0 Å². The Balaban J connectivity index is 1.36. The molecule has 150 valence electrons. The number of ether oxygens (including phenoxy) is 5. The van der Waals surface area contributed by atoms with Crippen LogP contribution in [0.4, 0.5) is 5.69 Å². The number of anilines is 1. The fourth-order valence-electron chi connectivity index (χ4n) is 2.89. The predicted molar refractivity (Wildman–Crippen MR) is 98.5 cm³/mol. The molecule has 9 heteroatoms. The highest BCUT2D eigenvalue weighted by Crippen LogP contribution is 2.37. The van der Waals surface area contributed by atoms with Crippen molar-refractivity contribution in [1.29, 1.82) is 0 Å². The largest absolute Gasteiger partial charge is 0.485 e. The van der Waals surface area contributed by atoms with Crippen LogP contribution in [0, 0.1) is 0 Å². The van der Waals surface area contributed by atoms with Crippen LogP contribution in [0.5, 0.6) is 23.0 Å². The van der Waals surface area contributed by atoms with Crippen molar-refractivity contribution in [2.75, 3.05) is 25.3 Å². The number of para-hydroxylation sites is 2. The van der Waals surface area contributed by atoms with Crippen LogP contribution in [0.15, 0.2) is 36.4 Å². The summed E-state index contributed by atoms with van der Waals surface area (Å²) in [6.07, 6.45) is -0.976. The molecule has 2 aliphatic rings. The Hall–Kier alpha value is -3.75. The first-order chi connectivity index (χ1) is 14.0. The van der Waals surface area contributed by atoms with Crippen molar-refractivity contribution < 1.29 is 38.1 Å². The fraction of sp³-hybridized carbons (Fsp3) is 0.250. The third kappa shape index (κ3) is 3.93. The van der Waals surface area contributed by atoms with E-state index in [4.69, 9.17) is 23.7 Å². The summed E-state index contributed by atoms with van der Waals surface area (Å²) in [7, 11) is 0. The second kappa shape index (κ2) is 7.70. The van der Waals surface area contributed by atoms with Gasteiger partial charge >= 0.3 is 5.97 Å². The smallest absolute Gasteiger partial charge is 0.351 e. The maximum Gasteiger partial charge on any atom is 0.351 e. The molecular weight excluding hydrogens is 382 g/mol. The molecule has 0 fully saturated rings. The van der Waals surface area contributed by atoms with Gasteiger partial charge < -0.3 is 29.0 Å². The SMILES string of the molecule is CC(=O)c1cc2c(cc1NC(=O)COC(=O)[C@H]1COc3ccccc3O1)OCO2. The number of nitrogens with one attached hydrogen (secondary N) is 1. The summed E-state index contributed by atoms with van der Waals surface area (Å²) in [6.45, 7) is 0.833. The van der Waals surface area contributed by atoms with E-state index >= 15 is 0 Å². The monoisotopic (exact) mass is 399 g/mol. The van der Waals surface area contributed by atoms with Crippen molar-refractivity contribution in [1.82, 2.24) is 0 Å². The lowest BCUT2D eigenvalue weighted by atomic mass is 10.1. The van der Waals surface area contributed by atoms with Gasteiger partial charge in [-0.25, -0.2) is 4.79 Å². The van der Waals surface area contributed by atoms with Crippen molar-refractivity contribution in [3.05, 3.63) is 42.0 Å². The van der Waals surface area contributed by atoms with Crippen LogP contribution in [0.1, 0.15) is 17.3 Å². The van der Waals surface area contributed by atoms with Crippen LogP contribution in [-0.4, -0.2) is 43.8 Å². The van der Waals surface area contributed by atoms with Gasteiger partial charge in [-0.2, -0.15) is 0 Å². The normalized spacial score (nSPS) is 16.1. The maximum absolute atomic E-state index is 12.2. The molecule has 0 saturated carbocycles. The van der Waals surface area contributed by atoms with Crippen molar-refractivity contribution in [2.24, 2.45) is 0 Å². The Morgan fingerprint density at radius 2 is 1.76 bits per heavy atom. The number of rotatable bonds is 5. The lowest BCUT2D eigenvalue weighted by Crippen LogP contribution is -2.39. The van der Waals surface area contributed by atoms with E-state index in [9.17, 15) is 14.4 Å². The summed E-state index contributed by atoms with van der Waals surface area (Å²) >= 11 is 0. The van der Waals surface area contributed by atoms with Crippen molar-refractivity contribution in [3.63, 3.8) is 0 Å². The zero-order chi connectivity index (χ0) is 20.4. The number of benzene rings is 2. The van der Waals surface area contributed by atoms with Gasteiger partial charge in [-0.3, -0.25) is 9.59 Å². The number of amides is 1. The molecule has 0 aromatic heterocycles. The molecule has 1 atom stereocenters. The van der Waals surface area contributed by atoms with Crippen molar-refractivity contribution in [2.45, 2.75) is 13.0 Å². The van der Waals surface area contributed by atoms with E-state index in [-0.39, 0.29) is 30.4 Å². The summed E-state index contributed by atoms with van der Waals surface area (Å²) in [5, 5.41) is 2.55. The van der Waals surface area contributed by atoms with E-state index in [0.717, 1.165) is 0 Å². The second-order valence-corrected chi connectivity index (χ2v) is 6.33. The molecule has 0 radical (unpaired) electrons. The molecule has 1 N–H and O–H groups in total. The molecule has 0 aliphatic carbocycles. The van der Waals surface area contributed by atoms with Crippen LogP contribution >= 0.6 is 0 Å². The quantitative estimate of drug-likeness (QED) is 0.600. The topological polar surface area (TPSA) is 109 Å². The van der Waals surface area contributed by atoms with Gasteiger partial charge in [0.1, 0.15) is 6.61 Å². The van der Waals surface area contributed by atoms with Gasteiger partial charge in [-0.05, 0) is 25.1 Å². The minimum absolute atomic E-state index is 0.0197. The van der Waals surface area contributed by atoms with Crippen LogP contribution < -0.4 is 24.3 Å². The summed E-state index contributed by atoms with van der Waals surface area (Å²) in [6, 6.07) is 9.93. The maximum atomic E-state index is 12.2. The van der Waals surface area contributed by atoms with Gasteiger partial charge in [0.25, 0.3) is 5.91 Å². The molecule has 0 unspecified atom stereocenters. The lowest BCUT2D eigenvalue weighted by molar-refractivity contribution is -0.156. The first-order valence-corrected chi connectivity index (χ1v) is 8.81. The zero-order valence-corrected chi connectivity index (χ0v) is 15.4. The number of hydrogen-bond donors (Lipinski definition) is 1. The highest BCUT2D eigenvalue weighted by Gasteiger charge is 2.29. The van der Waals surface area contributed by atoms with Crippen LogP contribution in [0.25, 0.3) is 0 Å². The number of Topliss-reactive ketones (excluding diaryl/α,β-unsaturated/α-hetero) is 1. The molecule has 29 heavy (non-hydrogen) atoms. The Morgan fingerprint density at radius 1 is 1.03 bits per heavy atom. The van der Waals surface area contributed by atoms with Gasteiger partial charge in [-0.15, -0.1) is 0 Å². The highest BCUT2D eigenvalue weighted by atomic mass is 16.7. The minimum Gasteiger partial charge on any atom is -0.485 e. The third-order valence-corrected chi connectivity index (χ3v) is 4.28. The lowest BCUT2D eigenvalue weighted by Gasteiger charge is -2.24. The van der Waals surface area contributed by atoms with Gasteiger partial charge in [0.05, 0.1) is 5.69 Å². The van der Waals surface area contributed by atoms with E-state index in [1.807, 2.05) is 0 Å². The standard InChI is InChI=1S/C20H17NO8/c1-11(22)12-6-16-17(28-10-27-16)7-13(12)21-19(23)9-26-20(24)18-8-25-14-4-2-3-5-15(14)29-18/h2-7,18H,8-10H2,1H3,(H,21,23)/t18-/m1/s1. The summed E-state index contributed by atoms with van der Waals surface area (Å²) < 4.78 is 26.5. The summed E-state index contributed by atoms with van der Waals surface area (Å²) in [4.78, 5) is 36.3. The molecule has 2 aliphatic heterocycles. The number of hydrogen-bond acceptors (Lipinski definition) is 8. The fourth-order valence-corrected chi connectivity index (χ4v) is 2.89. The van der Waals surface area contributed by atoms with Gasteiger partial charge in [0.15, 0.2) is 35.4 Å². The van der Waals surface area contributed by atoms with Crippen molar-refractivity contribution >= 4 is 23.3 Å². The van der Waals surface area contributed by atoms with Gasteiger partial charge in [0.2, 0.25) is 12.9 Å². The summed E-state index contributed by atoms with van der Waals surface area (Å²) in [5.74, 6) is 0.194. The molecule has 0 spiro atoms. The number of fused-ring (bicyclic) bond motifs is 2. The van der Waals surface area contributed by atoms with E-state index in [0.29, 0.717) is 23.0 Å². The highest BCUT2D eigenvalue weighted by molar-refractivity contribution is 6.05. The minimum atomic E-state index is -0.976. The molecule has 0 saturated heterocycles. The van der Waals surface area contributed by atoms with E-state index < -0.39 is 24.6 Å². The predicted octanol–water partition coefficient (Wildman–Crippen LogP) is 1.94. The Bertz CT molecular complexity index is 986. The van der Waals surface area contributed by atoms with Gasteiger partial charge in [-0.1, -0.05) is 12.1 Å². The number of esters is 1. The Morgan fingerprint density at radius 3 is 2.52 bits per heavy atom. The molecule has 2 aromatic carbocycles. The molecule has 0 bridgehead atoms. The molecule has 2 aromatic rings. The Kier molecular flexibility index (Phi) is 4.94. The first-order valence-electron chi connectivity index (χ1n) is 8.81. The molecular formula is C20H17NO8. The number of ketones is 1. The van der Waals surface area contributed by atoms with E-state index in [1.165, 1.54) is 19.1 Å². The molecule has 2 heterocycles. The number of carbonyl (C=O) groups is 3. The second-order valence-electron chi connectivity index (χ2n) is 6.33. The van der Waals surface area contributed by atoms with Crippen LogP contribution in [-0.2, 0) is 14.3 Å². The molecule has 9 nitrogen and oxygen atoms in total. The van der Waals surface area contributed by atoms with Crippen molar-refractivity contribution in [3.8, 4) is 23.0 Å². The van der Waals surface area contributed by atoms with Gasteiger partial charge in [0, 0.05) is 11.6 Å². The average Bonchev–Trinajstić information content (AvgIpc) is 3.18. The summed E-state index contributed by atoms with van der Waals surface area (Å²) in [5.41, 5.74) is 0.503. The third-order valence-electron chi connectivity index (χ3n) is 4.28. The first kappa shape index (κ1) is 18.6. The van der Waals surface area contributed by atoms with Crippen LogP contribution in [0.3, 0.4) is 0 Å². The zero-order valence-electron chi connectivity index (χ0n) is 15.4. The molecule has 1 amide bonds. The average molecular weight is 399 g/mol. The van der Waals surface area contributed by atoms with E-state index in [2.05, 4.69) is 5.32 Å².